The summed E-state index contributed by atoms with van der Waals surface area (Å²) in [5, 5.41) is 6.63. The first-order valence-corrected chi connectivity index (χ1v) is 9.80. The summed E-state index contributed by atoms with van der Waals surface area (Å²) in [6.45, 7) is 9.40. The molecular formula is C23H33N3O2. The molecule has 2 N–H and O–H groups in total. The fourth-order valence-corrected chi connectivity index (χ4v) is 2.58. The zero-order valence-corrected chi connectivity index (χ0v) is 17.5. The predicted molar refractivity (Wildman–Crippen MR) is 115 cm³/mol. The Hall–Kier alpha value is -2.37. The maximum absolute atomic E-state index is 5.91. The Balaban J connectivity index is 1.96. The molecular weight excluding hydrogens is 350 g/mol. The molecule has 0 saturated heterocycles. The summed E-state index contributed by atoms with van der Waals surface area (Å²) in [4.78, 5) is 4.73. The van der Waals surface area contributed by atoms with Crippen LogP contribution >= 0.6 is 0 Å². The minimum atomic E-state index is -0.251. The third-order valence-corrected chi connectivity index (χ3v) is 4.47. The van der Waals surface area contributed by atoms with Gasteiger partial charge in [0.05, 0.1) is 25.4 Å². The van der Waals surface area contributed by atoms with E-state index in [4.69, 9.17) is 14.5 Å². The maximum Gasteiger partial charge on any atom is 0.191 e. The molecule has 5 heteroatoms. The molecule has 2 rings (SSSR count). The van der Waals surface area contributed by atoms with Crippen molar-refractivity contribution in [3.8, 4) is 0 Å². The van der Waals surface area contributed by atoms with Crippen molar-refractivity contribution < 1.29 is 9.47 Å². The van der Waals surface area contributed by atoms with Crippen LogP contribution < -0.4 is 10.6 Å². The number of hydrogen-bond acceptors (Lipinski definition) is 3. The molecule has 0 bridgehead atoms. The molecule has 5 nitrogen and oxygen atoms in total. The second-order valence-electron chi connectivity index (χ2n) is 7.26. The van der Waals surface area contributed by atoms with Crippen molar-refractivity contribution in [2.75, 3.05) is 20.2 Å². The minimum Gasteiger partial charge on any atom is -0.377 e. The Morgan fingerprint density at radius 1 is 0.929 bits per heavy atom. The molecule has 28 heavy (non-hydrogen) atoms. The zero-order chi connectivity index (χ0) is 20.2. The second kappa shape index (κ2) is 11.5. The van der Waals surface area contributed by atoms with Gasteiger partial charge < -0.3 is 20.1 Å². The third kappa shape index (κ3) is 7.71. The highest BCUT2D eigenvalue weighted by Crippen LogP contribution is 2.13. The summed E-state index contributed by atoms with van der Waals surface area (Å²) in [6.07, 6.45) is 0. The lowest BCUT2D eigenvalue weighted by molar-refractivity contribution is 0.0268. The van der Waals surface area contributed by atoms with Gasteiger partial charge in [-0.15, -0.1) is 0 Å². The third-order valence-electron chi connectivity index (χ3n) is 4.47. The van der Waals surface area contributed by atoms with Gasteiger partial charge in [0.1, 0.15) is 0 Å². The molecule has 0 atom stereocenters. The number of nitrogens with zero attached hydrogens (tertiary/aromatic N) is 1. The number of methoxy groups -OCH3 is 1. The highest BCUT2D eigenvalue weighted by Gasteiger charge is 2.16. The standard InChI is InChI=1S/C23H33N3O2/c1-5-24-22(26-18-23(2,3)27-4)25-15-20-13-9-10-14-21(20)17-28-16-19-11-7-6-8-12-19/h6-14H,5,15-18H2,1-4H3,(H2,24,25,26). The summed E-state index contributed by atoms with van der Waals surface area (Å²) >= 11 is 0. The van der Waals surface area contributed by atoms with Crippen molar-refractivity contribution in [1.29, 1.82) is 0 Å². The molecule has 0 aliphatic carbocycles. The number of ether oxygens (including phenoxy) is 2. The van der Waals surface area contributed by atoms with E-state index < -0.39 is 0 Å². The Labute approximate surface area is 169 Å². The van der Waals surface area contributed by atoms with E-state index in [-0.39, 0.29) is 5.60 Å². The van der Waals surface area contributed by atoms with Gasteiger partial charge in [-0.05, 0) is 37.5 Å². The van der Waals surface area contributed by atoms with Crippen molar-refractivity contribution in [3.05, 3.63) is 71.3 Å². The van der Waals surface area contributed by atoms with Crippen molar-refractivity contribution in [3.63, 3.8) is 0 Å². The molecule has 0 fully saturated rings. The van der Waals surface area contributed by atoms with Gasteiger partial charge in [-0.25, -0.2) is 4.99 Å². The maximum atomic E-state index is 5.91. The van der Waals surface area contributed by atoms with Crippen LogP contribution in [0.15, 0.2) is 59.6 Å². The van der Waals surface area contributed by atoms with E-state index in [0.717, 1.165) is 18.1 Å². The highest BCUT2D eigenvalue weighted by molar-refractivity contribution is 5.79. The molecule has 2 aromatic carbocycles. The normalized spacial score (nSPS) is 12.1. The van der Waals surface area contributed by atoms with E-state index in [1.54, 1.807) is 7.11 Å². The van der Waals surface area contributed by atoms with E-state index in [0.29, 0.717) is 26.3 Å². The van der Waals surface area contributed by atoms with E-state index in [9.17, 15) is 0 Å². The first-order chi connectivity index (χ1) is 13.5. The monoisotopic (exact) mass is 383 g/mol. The van der Waals surface area contributed by atoms with Gasteiger partial charge in [0, 0.05) is 20.2 Å². The van der Waals surface area contributed by atoms with Gasteiger partial charge >= 0.3 is 0 Å². The molecule has 0 aromatic heterocycles. The Kier molecular flexibility index (Phi) is 8.98. The van der Waals surface area contributed by atoms with Crippen LogP contribution in [0.1, 0.15) is 37.5 Å². The molecule has 152 valence electrons. The van der Waals surface area contributed by atoms with Crippen LogP contribution in [-0.4, -0.2) is 31.8 Å². The Morgan fingerprint density at radius 3 is 2.29 bits per heavy atom. The van der Waals surface area contributed by atoms with Crippen LogP contribution in [0.2, 0.25) is 0 Å². The van der Waals surface area contributed by atoms with E-state index >= 15 is 0 Å². The SMILES string of the molecule is CCNC(=NCc1ccccc1COCc1ccccc1)NCC(C)(C)OC. The molecule has 0 aliphatic rings. The topological polar surface area (TPSA) is 54.9 Å². The molecule has 0 spiro atoms. The van der Waals surface area contributed by atoms with Crippen LogP contribution in [0.5, 0.6) is 0 Å². The molecule has 0 radical (unpaired) electrons. The van der Waals surface area contributed by atoms with E-state index in [2.05, 4.69) is 41.8 Å². The lowest BCUT2D eigenvalue weighted by Crippen LogP contribution is -2.45. The van der Waals surface area contributed by atoms with Gasteiger partial charge in [-0.3, -0.25) is 0 Å². The number of guanidine groups is 1. The molecule has 0 heterocycles. The first-order valence-electron chi connectivity index (χ1n) is 9.80. The molecule has 0 aliphatic heterocycles. The van der Waals surface area contributed by atoms with Crippen LogP contribution in [0.3, 0.4) is 0 Å². The molecule has 0 saturated carbocycles. The van der Waals surface area contributed by atoms with Gasteiger partial charge in [0.2, 0.25) is 0 Å². The van der Waals surface area contributed by atoms with Gasteiger partial charge in [-0.1, -0.05) is 54.6 Å². The van der Waals surface area contributed by atoms with Crippen LogP contribution in [-0.2, 0) is 29.2 Å². The number of rotatable bonds is 10. The van der Waals surface area contributed by atoms with Crippen LogP contribution in [0, 0.1) is 0 Å². The second-order valence-corrected chi connectivity index (χ2v) is 7.26. The summed E-state index contributed by atoms with van der Waals surface area (Å²) in [6, 6.07) is 18.5. The average molecular weight is 384 g/mol. The van der Waals surface area contributed by atoms with Gasteiger partial charge in [0.25, 0.3) is 0 Å². The van der Waals surface area contributed by atoms with Gasteiger partial charge in [-0.2, -0.15) is 0 Å². The lowest BCUT2D eigenvalue weighted by atomic mass is 10.1. The van der Waals surface area contributed by atoms with Crippen molar-refractivity contribution in [1.82, 2.24) is 10.6 Å². The number of aliphatic imine (C=N–C) groups is 1. The first kappa shape index (κ1) is 21.9. The fourth-order valence-electron chi connectivity index (χ4n) is 2.58. The summed E-state index contributed by atoms with van der Waals surface area (Å²) in [5.74, 6) is 0.785. The van der Waals surface area contributed by atoms with Crippen LogP contribution in [0.4, 0.5) is 0 Å². The lowest BCUT2D eigenvalue weighted by Gasteiger charge is -2.24. The van der Waals surface area contributed by atoms with Crippen LogP contribution in [0.25, 0.3) is 0 Å². The molecule has 0 unspecified atom stereocenters. The number of nitrogens with one attached hydrogen (secondary N) is 2. The summed E-state index contributed by atoms with van der Waals surface area (Å²) in [7, 11) is 1.72. The quantitative estimate of drug-likeness (QED) is 0.483. The van der Waals surface area contributed by atoms with E-state index in [1.165, 1.54) is 11.1 Å². The fraction of sp³-hybridized carbons (Fsp3) is 0.435. The summed E-state index contributed by atoms with van der Waals surface area (Å²) in [5.41, 5.74) is 3.26. The Morgan fingerprint density at radius 2 is 1.61 bits per heavy atom. The number of benzene rings is 2. The smallest absolute Gasteiger partial charge is 0.191 e. The van der Waals surface area contributed by atoms with Crippen molar-refractivity contribution in [2.24, 2.45) is 4.99 Å². The molecule has 2 aromatic rings. The van der Waals surface area contributed by atoms with E-state index in [1.807, 2.05) is 44.2 Å². The zero-order valence-electron chi connectivity index (χ0n) is 17.5. The molecule has 0 amide bonds. The highest BCUT2D eigenvalue weighted by atomic mass is 16.5. The average Bonchev–Trinajstić information content (AvgIpc) is 2.72. The van der Waals surface area contributed by atoms with Crippen molar-refractivity contribution >= 4 is 5.96 Å². The minimum absolute atomic E-state index is 0.251. The predicted octanol–water partition coefficient (Wildman–Crippen LogP) is 3.88. The van der Waals surface area contributed by atoms with Crippen molar-refractivity contribution in [2.45, 2.75) is 46.1 Å². The number of hydrogen-bond donors (Lipinski definition) is 2. The van der Waals surface area contributed by atoms with Gasteiger partial charge in [0.15, 0.2) is 5.96 Å². The largest absolute Gasteiger partial charge is 0.377 e. The summed E-state index contributed by atoms with van der Waals surface area (Å²) < 4.78 is 11.4. The Bertz CT molecular complexity index is 730.